The van der Waals surface area contributed by atoms with Gasteiger partial charge in [0.15, 0.2) is 5.78 Å². The summed E-state index contributed by atoms with van der Waals surface area (Å²) in [5.74, 6) is 0.557. The van der Waals surface area contributed by atoms with Gasteiger partial charge in [-0.1, -0.05) is 19.1 Å². The number of hydrogen-bond donors (Lipinski definition) is 2. The molecule has 1 saturated heterocycles. The van der Waals surface area contributed by atoms with Gasteiger partial charge in [-0.25, -0.2) is 4.39 Å². The topological polar surface area (TPSA) is 54.2 Å². The molecule has 3 rings (SSSR count). The van der Waals surface area contributed by atoms with Crippen molar-refractivity contribution in [3.63, 3.8) is 0 Å². The number of piperazine rings is 1. The number of benzene rings is 2. The minimum Gasteiger partial charge on any atom is -0.491 e. The van der Waals surface area contributed by atoms with E-state index < -0.39 is 6.10 Å². The van der Waals surface area contributed by atoms with Gasteiger partial charge in [0, 0.05) is 12.0 Å². The van der Waals surface area contributed by atoms with Crippen molar-refractivity contribution >= 4 is 11.5 Å². The fourth-order valence-electron chi connectivity index (χ4n) is 3.50. The molecule has 28 heavy (non-hydrogen) atoms. The van der Waals surface area contributed by atoms with E-state index in [1.807, 2.05) is 19.1 Å². The van der Waals surface area contributed by atoms with Gasteiger partial charge in [-0.2, -0.15) is 0 Å². The number of ketones is 1. The van der Waals surface area contributed by atoms with Gasteiger partial charge < -0.3 is 19.6 Å². The van der Waals surface area contributed by atoms with E-state index in [-0.39, 0.29) is 18.2 Å². The van der Waals surface area contributed by atoms with E-state index in [1.165, 1.54) is 11.0 Å². The number of nitrogens with one attached hydrogen (secondary N) is 1. The lowest BCUT2D eigenvalue weighted by Gasteiger charge is -2.34. The molecule has 0 unspecified atom stereocenters. The molecule has 1 aliphatic rings. The number of carbonyl (C=O) groups excluding carboxylic acids is 1. The van der Waals surface area contributed by atoms with Crippen molar-refractivity contribution in [2.75, 3.05) is 44.2 Å². The number of carbonyl (C=O) groups is 1. The van der Waals surface area contributed by atoms with Crippen LogP contribution in [0.25, 0.3) is 0 Å². The molecule has 2 N–H and O–H groups in total. The van der Waals surface area contributed by atoms with E-state index >= 15 is 0 Å². The summed E-state index contributed by atoms with van der Waals surface area (Å²) in [6.07, 6.45) is -0.0988. The summed E-state index contributed by atoms with van der Waals surface area (Å²) in [6, 6.07) is 13.9. The maximum absolute atomic E-state index is 13.9. The first-order valence-corrected chi connectivity index (χ1v) is 9.84. The Morgan fingerprint density at radius 2 is 1.86 bits per heavy atom. The molecular weight excluding hydrogens is 359 g/mol. The number of halogens is 1. The van der Waals surface area contributed by atoms with Crippen LogP contribution in [0, 0.1) is 5.82 Å². The van der Waals surface area contributed by atoms with Gasteiger partial charge in [-0.05, 0) is 36.4 Å². The monoisotopic (exact) mass is 387 g/mol. The Balaban J connectivity index is 1.41. The van der Waals surface area contributed by atoms with Crippen molar-refractivity contribution in [1.29, 1.82) is 0 Å². The molecule has 0 bridgehead atoms. The molecule has 1 atom stereocenters. The third-order valence-corrected chi connectivity index (χ3v) is 5.13. The summed E-state index contributed by atoms with van der Waals surface area (Å²) >= 11 is 0. The molecule has 2 aromatic carbocycles. The lowest BCUT2D eigenvalue weighted by molar-refractivity contribution is -0.903. The van der Waals surface area contributed by atoms with Crippen molar-refractivity contribution in [3.05, 3.63) is 59.9 Å². The second-order valence-corrected chi connectivity index (χ2v) is 7.16. The van der Waals surface area contributed by atoms with Crippen LogP contribution in [0.15, 0.2) is 48.5 Å². The Labute approximate surface area is 165 Å². The molecule has 5 nitrogen and oxygen atoms in total. The molecule has 1 heterocycles. The molecule has 0 spiro atoms. The Morgan fingerprint density at radius 1 is 1.18 bits per heavy atom. The van der Waals surface area contributed by atoms with Crippen LogP contribution in [0.1, 0.15) is 23.7 Å². The lowest BCUT2D eigenvalue weighted by Crippen LogP contribution is -3.16. The average Bonchev–Trinajstić information content (AvgIpc) is 2.73. The standard InChI is InChI=1S/C22H27FN2O3/c1-2-22(27)17-7-9-19(10-8-17)28-16-18(26)15-24-11-13-25(14-12-24)21-6-4-3-5-20(21)23/h3-10,18,26H,2,11-16H2,1H3/p+1/t18-/m1/s1. The van der Waals surface area contributed by atoms with Crippen LogP contribution in [0.3, 0.4) is 0 Å². The first kappa shape index (κ1) is 20.3. The summed E-state index contributed by atoms with van der Waals surface area (Å²) in [5.41, 5.74) is 1.32. The molecule has 2 aromatic rings. The third kappa shape index (κ3) is 5.30. The molecule has 0 aromatic heterocycles. The first-order chi connectivity index (χ1) is 13.6. The Morgan fingerprint density at radius 3 is 2.50 bits per heavy atom. The zero-order chi connectivity index (χ0) is 19.9. The highest BCUT2D eigenvalue weighted by Crippen LogP contribution is 2.18. The lowest BCUT2D eigenvalue weighted by atomic mass is 10.1. The quantitative estimate of drug-likeness (QED) is 0.675. The number of quaternary nitrogens is 1. The van der Waals surface area contributed by atoms with E-state index in [1.54, 1.807) is 30.3 Å². The second-order valence-electron chi connectivity index (χ2n) is 7.16. The van der Waals surface area contributed by atoms with Gasteiger partial charge in [-0.3, -0.25) is 4.79 Å². The van der Waals surface area contributed by atoms with Gasteiger partial charge in [0.2, 0.25) is 0 Å². The average molecular weight is 387 g/mol. The Bertz CT molecular complexity index is 774. The minimum atomic E-state index is -0.577. The van der Waals surface area contributed by atoms with E-state index in [4.69, 9.17) is 4.74 Å². The van der Waals surface area contributed by atoms with Gasteiger partial charge in [0.1, 0.15) is 30.8 Å². The Hall–Kier alpha value is -2.44. The summed E-state index contributed by atoms with van der Waals surface area (Å²) in [6.45, 7) is 5.85. The van der Waals surface area contributed by atoms with Gasteiger partial charge in [0.05, 0.1) is 31.9 Å². The number of Topliss-reactive ketones (excluding diaryl/α,β-unsaturated/α-hetero) is 1. The first-order valence-electron chi connectivity index (χ1n) is 9.84. The molecule has 0 amide bonds. The van der Waals surface area contributed by atoms with Crippen molar-refractivity contribution in [2.24, 2.45) is 0 Å². The van der Waals surface area contributed by atoms with Crippen LogP contribution in [-0.4, -0.2) is 56.3 Å². The summed E-state index contributed by atoms with van der Waals surface area (Å²) < 4.78 is 19.6. The zero-order valence-electron chi connectivity index (χ0n) is 16.2. The molecule has 6 heteroatoms. The van der Waals surface area contributed by atoms with Crippen LogP contribution < -0.4 is 14.5 Å². The number of hydrogen-bond acceptors (Lipinski definition) is 4. The maximum Gasteiger partial charge on any atom is 0.162 e. The molecule has 1 fully saturated rings. The van der Waals surface area contributed by atoms with E-state index in [0.29, 0.717) is 30.0 Å². The molecule has 0 radical (unpaired) electrons. The van der Waals surface area contributed by atoms with E-state index in [2.05, 4.69) is 4.90 Å². The molecule has 0 aliphatic carbocycles. The fraction of sp³-hybridized carbons (Fsp3) is 0.409. The largest absolute Gasteiger partial charge is 0.491 e. The van der Waals surface area contributed by atoms with Crippen molar-refractivity contribution in [1.82, 2.24) is 0 Å². The predicted molar refractivity (Wildman–Crippen MR) is 107 cm³/mol. The van der Waals surface area contributed by atoms with Crippen LogP contribution in [0.2, 0.25) is 0 Å². The van der Waals surface area contributed by atoms with Crippen molar-refractivity contribution in [3.8, 4) is 5.75 Å². The minimum absolute atomic E-state index is 0.102. The van der Waals surface area contributed by atoms with E-state index in [9.17, 15) is 14.3 Å². The Kier molecular flexibility index (Phi) is 7.01. The number of aliphatic hydroxyl groups excluding tert-OH is 1. The molecule has 1 aliphatic heterocycles. The molecular formula is C22H28FN2O3+. The van der Waals surface area contributed by atoms with Crippen LogP contribution in [0.4, 0.5) is 10.1 Å². The van der Waals surface area contributed by atoms with Crippen LogP contribution in [-0.2, 0) is 0 Å². The van der Waals surface area contributed by atoms with Crippen LogP contribution >= 0.6 is 0 Å². The highest BCUT2D eigenvalue weighted by atomic mass is 19.1. The normalized spacial score (nSPS) is 16.0. The predicted octanol–water partition coefficient (Wildman–Crippen LogP) is 1.56. The number of anilines is 1. The summed E-state index contributed by atoms with van der Waals surface area (Å²) in [4.78, 5) is 15.0. The second kappa shape index (κ2) is 9.66. The third-order valence-electron chi connectivity index (χ3n) is 5.13. The van der Waals surface area contributed by atoms with Crippen LogP contribution in [0.5, 0.6) is 5.75 Å². The number of rotatable bonds is 8. The van der Waals surface area contributed by atoms with Gasteiger partial charge >= 0.3 is 0 Å². The fourth-order valence-corrected chi connectivity index (χ4v) is 3.50. The SMILES string of the molecule is CCC(=O)c1ccc(OC[C@H](O)C[NH+]2CCN(c3ccccc3F)CC2)cc1. The maximum atomic E-state index is 13.9. The van der Waals surface area contributed by atoms with Crippen molar-refractivity contribution in [2.45, 2.75) is 19.4 Å². The van der Waals surface area contributed by atoms with Crippen molar-refractivity contribution < 1.29 is 23.9 Å². The number of para-hydroxylation sites is 1. The van der Waals surface area contributed by atoms with E-state index in [0.717, 1.165) is 26.2 Å². The zero-order valence-corrected chi connectivity index (χ0v) is 16.2. The molecule has 150 valence electrons. The smallest absolute Gasteiger partial charge is 0.162 e. The highest BCUT2D eigenvalue weighted by Gasteiger charge is 2.24. The number of nitrogens with zero attached hydrogens (tertiary/aromatic N) is 1. The van der Waals surface area contributed by atoms with Gasteiger partial charge in [0.25, 0.3) is 0 Å². The number of aliphatic hydroxyl groups is 1. The molecule has 0 saturated carbocycles. The number of ether oxygens (including phenoxy) is 1. The summed E-state index contributed by atoms with van der Waals surface area (Å²) in [7, 11) is 0. The highest BCUT2D eigenvalue weighted by molar-refractivity contribution is 5.95. The van der Waals surface area contributed by atoms with Gasteiger partial charge in [-0.15, -0.1) is 0 Å². The summed E-state index contributed by atoms with van der Waals surface area (Å²) in [5, 5.41) is 10.3.